The van der Waals surface area contributed by atoms with Crippen LogP contribution in [0.15, 0.2) is 54.7 Å². The van der Waals surface area contributed by atoms with Gasteiger partial charge >= 0.3 is 0 Å². The van der Waals surface area contributed by atoms with Gasteiger partial charge in [-0.1, -0.05) is 35.9 Å². The van der Waals surface area contributed by atoms with Crippen LogP contribution in [-0.4, -0.2) is 4.98 Å². The van der Waals surface area contributed by atoms with Gasteiger partial charge in [0.25, 0.3) is 0 Å². The Bertz CT molecular complexity index is 723. The molecule has 2 aromatic carbocycles. The van der Waals surface area contributed by atoms with E-state index in [0.29, 0.717) is 5.02 Å². The van der Waals surface area contributed by atoms with Crippen LogP contribution in [0.4, 0.5) is 5.69 Å². The molecule has 0 aliphatic rings. The predicted molar refractivity (Wildman–Crippen MR) is 76.6 cm³/mol. The lowest BCUT2D eigenvalue weighted by atomic mass is 10.0. The number of rotatable bonds is 1. The number of benzene rings is 2. The van der Waals surface area contributed by atoms with Crippen LogP contribution in [0.5, 0.6) is 0 Å². The normalized spacial score (nSPS) is 10.7. The largest absolute Gasteiger partial charge is 0.398 e. The van der Waals surface area contributed by atoms with Crippen molar-refractivity contribution in [1.29, 1.82) is 0 Å². The highest BCUT2D eigenvalue weighted by Crippen LogP contribution is 2.29. The molecular weight excluding hydrogens is 244 g/mol. The average molecular weight is 255 g/mol. The maximum atomic E-state index is 6.19. The molecule has 1 aromatic heterocycles. The first-order valence-corrected chi connectivity index (χ1v) is 6.02. The van der Waals surface area contributed by atoms with Gasteiger partial charge in [0.15, 0.2) is 0 Å². The minimum Gasteiger partial charge on any atom is -0.398 e. The first-order chi connectivity index (χ1) is 8.75. The first-order valence-electron chi connectivity index (χ1n) is 5.65. The Morgan fingerprint density at radius 2 is 1.83 bits per heavy atom. The van der Waals surface area contributed by atoms with Gasteiger partial charge in [-0.2, -0.15) is 0 Å². The van der Waals surface area contributed by atoms with Crippen molar-refractivity contribution in [3.8, 4) is 11.1 Å². The van der Waals surface area contributed by atoms with Gasteiger partial charge in [-0.3, -0.25) is 4.98 Å². The topological polar surface area (TPSA) is 38.9 Å². The molecule has 0 bridgehead atoms. The summed E-state index contributed by atoms with van der Waals surface area (Å²) in [6.07, 6.45) is 1.82. The van der Waals surface area contributed by atoms with Crippen LogP contribution >= 0.6 is 11.6 Å². The third-order valence-electron chi connectivity index (χ3n) is 2.94. The van der Waals surface area contributed by atoms with Crippen LogP contribution in [0, 0.1) is 0 Å². The van der Waals surface area contributed by atoms with Gasteiger partial charge in [0.1, 0.15) is 0 Å². The summed E-state index contributed by atoms with van der Waals surface area (Å²) in [6, 6.07) is 15.5. The lowest BCUT2D eigenvalue weighted by molar-refractivity contribution is 1.41. The highest BCUT2D eigenvalue weighted by Gasteiger charge is 2.05. The third-order valence-corrected chi connectivity index (χ3v) is 3.27. The van der Waals surface area contributed by atoms with Crippen molar-refractivity contribution in [3.63, 3.8) is 0 Å². The zero-order chi connectivity index (χ0) is 12.5. The van der Waals surface area contributed by atoms with E-state index < -0.39 is 0 Å². The number of nitrogens with zero attached hydrogens (tertiary/aromatic N) is 1. The van der Waals surface area contributed by atoms with Gasteiger partial charge in [-0.05, 0) is 24.3 Å². The highest BCUT2D eigenvalue weighted by atomic mass is 35.5. The Morgan fingerprint density at radius 1 is 1.00 bits per heavy atom. The van der Waals surface area contributed by atoms with Crippen LogP contribution in [0.1, 0.15) is 0 Å². The molecule has 0 spiro atoms. The van der Waals surface area contributed by atoms with Crippen LogP contribution in [-0.2, 0) is 0 Å². The summed E-state index contributed by atoms with van der Waals surface area (Å²) in [5.74, 6) is 0. The summed E-state index contributed by atoms with van der Waals surface area (Å²) in [5, 5.41) is 1.65. The number of fused-ring (bicyclic) bond motifs is 1. The summed E-state index contributed by atoms with van der Waals surface area (Å²) in [4.78, 5) is 4.42. The molecule has 0 fully saturated rings. The van der Waals surface area contributed by atoms with E-state index in [2.05, 4.69) is 4.98 Å². The monoisotopic (exact) mass is 254 g/mol. The second-order valence-electron chi connectivity index (χ2n) is 4.12. The maximum Gasteiger partial charge on any atom is 0.0717 e. The van der Waals surface area contributed by atoms with Crippen molar-refractivity contribution in [3.05, 3.63) is 59.8 Å². The minimum atomic E-state index is 0.705. The van der Waals surface area contributed by atoms with Gasteiger partial charge in [0, 0.05) is 33.4 Å². The molecule has 2 nitrogen and oxygen atoms in total. The molecule has 0 atom stereocenters. The molecule has 3 aromatic rings. The number of hydrogen-bond donors (Lipinski definition) is 1. The standard InChI is InChI=1S/C15H11ClN2/c16-13-5-3-7-15-12(13)8-10(9-18-15)11-4-1-2-6-14(11)17/h1-9H,17H2. The molecule has 0 radical (unpaired) electrons. The second-order valence-corrected chi connectivity index (χ2v) is 4.52. The molecule has 18 heavy (non-hydrogen) atoms. The number of nitrogens with two attached hydrogens (primary N) is 1. The molecular formula is C15H11ClN2. The van der Waals surface area contributed by atoms with Gasteiger partial charge in [0.2, 0.25) is 0 Å². The van der Waals surface area contributed by atoms with Gasteiger partial charge < -0.3 is 5.73 Å². The van der Waals surface area contributed by atoms with Crippen molar-refractivity contribution in [2.45, 2.75) is 0 Å². The average Bonchev–Trinajstić information content (AvgIpc) is 2.40. The highest BCUT2D eigenvalue weighted by molar-refractivity contribution is 6.35. The van der Waals surface area contributed by atoms with Gasteiger partial charge in [-0.25, -0.2) is 0 Å². The second kappa shape index (κ2) is 4.31. The molecule has 0 unspecified atom stereocenters. The fourth-order valence-electron chi connectivity index (χ4n) is 2.02. The summed E-state index contributed by atoms with van der Waals surface area (Å²) in [7, 11) is 0. The Kier molecular flexibility index (Phi) is 2.65. The fourth-order valence-corrected chi connectivity index (χ4v) is 2.24. The van der Waals surface area contributed by atoms with E-state index >= 15 is 0 Å². The van der Waals surface area contributed by atoms with E-state index in [-0.39, 0.29) is 0 Å². The van der Waals surface area contributed by atoms with Crippen LogP contribution in [0.25, 0.3) is 22.0 Å². The maximum absolute atomic E-state index is 6.19. The Balaban J connectivity index is 2.26. The summed E-state index contributed by atoms with van der Waals surface area (Å²) < 4.78 is 0. The fraction of sp³-hybridized carbons (Fsp3) is 0. The number of anilines is 1. The van der Waals surface area contributed by atoms with Crippen molar-refractivity contribution in [2.24, 2.45) is 0 Å². The molecule has 2 N–H and O–H groups in total. The number of nitrogen functional groups attached to an aromatic ring is 1. The van der Waals surface area contributed by atoms with E-state index in [0.717, 1.165) is 27.7 Å². The zero-order valence-corrected chi connectivity index (χ0v) is 10.4. The smallest absolute Gasteiger partial charge is 0.0717 e. The van der Waals surface area contributed by atoms with Gasteiger partial charge in [0.05, 0.1) is 5.52 Å². The Labute approximate surface area is 110 Å². The molecule has 3 rings (SSSR count). The van der Waals surface area contributed by atoms with E-state index in [1.165, 1.54) is 0 Å². The minimum absolute atomic E-state index is 0.705. The Hall–Kier alpha value is -2.06. The van der Waals surface area contributed by atoms with Crippen molar-refractivity contribution in [1.82, 2.24) is 4.98 Å². The predicted octanol–water partition coefficient (Wildman–Crippen LogP) is 4.14. The molecule has 88 valence electrons. The number of para-hydroxylation sites is 1. The van der Waals surface area contributed by atoms with Crippen LogP contribution < -0.4 is 5.73 Å². The van der Waals surface area contributed by atoms with Crippen molar-refractivity contribution in [2.75, 3.05) is 5.73 Å². The number of hydrogen-bond acceptors (Lipinski definition) is 2. The number of halogens is 1. The molecule has 0 aliphatic carbocycles. The summed E-state index contributed by atoms with van der Waals surface area (Å²) >= 11 is 6.19. The number of aromatic nitrogens is 1. The molecule has 1 heterocycles. The third kappa shape index (κ3) is 1.81. The van der Waals surface area contributed by atoms with Crippen LogP contribution in [0.2, 0.25) is 5.02 Å². The quantitative estimate of drug-likeness (QED) is 0.663. The van der Waals surface area contributed by atoms with Crippen molar-refractivity contribution < 1.29 is 0 Å². The SMILES string of the molecule is Nc1ccccc1-c1cnc2cccc(Cl)c2c1. The van der Waals surface area contributed by atoms with E-state index in [1.54, 1.807) is 0 Å². The van der Waals surface area contributed by atoms with E-state index in [9.17, 15) is 0 Å². The van der Waals surface area contributed by atoms with Crippen molar-refractivity contribution >= 4 is 28.2 Å². The van der Waals surface area contributed by atoms with Gasteiger partial charge in [-0.15, -0.1) is 0 Å². The zero-order valence-electron chi connectivity index (χ0n) is 9.60. The lowest BCUT2D eigenvalue weighted by Crippen LogP contribution is -1.90. The van der Waals surface area contributed by atoms with Crippen LogP contribution in [0.3, 0.4) is 0 Å². The van der Waals surface area contributed by atoms with E-state index in [1.807, 2.05) is 54.7 Å². The molecule has 0 aliphatic heterocycles. The summed E-state index contributed by atoms with van der Waals surface area (Å²) in [5.41, 5.74) is 9.56. The number of pyridine rings is 1. The molecule has 0 saturated heterocycles. The molecule has 3 heteroatoms. The Morgan fingerprint density at radius 3 is 2.67 bits per heavy atom. The lowest BCUT2D eigenvalue weighted by Gasteiger charge is -2.07. The van der Waals surface area contributed by atoms with E-state index in [4.69, 9.17) is 17.3 Å². The first kappa shape index (κ1) is 11.1. The molecule has 0 amide bonds. The summed E-state index contributed by atoms with van der Waals surface area (Å²) in [6.45, 7) is 0. The molecule has 0 saturated carbocycles.